The zero-order valence-electron chi connectivity index (χ0n) is 6.91. The lowest BCUT2D eigenvalue weighted by atomic mass is 10.1. The quantitative estimate of drug-likeness (QED) is 0.595. The lowest BCUT2D eigenvalue weighted by Crippen LogP contribution is -2.64. The maximum absolute atomic E-state index is 6.02. The number of nitrogens with two attached hydrogens (primary N) is 1. The molecule has 0 unspecified atom stereocenters. The summed E-state index contributed by atoms with van der Waals surface area (Å²) in [6.45, 7) is 2.21. The molecule has 0 amide bonds. The molecule has 3 saturated heterocycles. The van der Waals surface area contributed by atoms with Crippen molar-refractivity contribution in [1.82, 2.24) is 0 Å². The van der Waals surface area contributed by atoms with Gasteiger partial charge in [-0.1, -0.05) is 0 Å². The van der Waals surface area contributed by atoms with E-state index in [1.54, 1.807) is 0 Å². The van der Waals surface area contributed by atoms with Gasteiger partial charge in [-0.05, 0) is 12.8 Å². The Bertz CT molecular complexity index is 193. The highest BCUT2D eigenvalue weighted by Crippen LogP contribution is 2.49. The van der Waals surface area contributed by atoms with Crippen molar-refractivity contribution in [2.75, 3.05) is 19.8 Å². The molecule has 4 fully saturated rings. The third kappa shape index (κ3) is 0.758. The van der Waals surface area contributed by atoms with E-state index >= 15 is 0 Å². The molecule has 4 nitrogen and oxygen atoms in total. The minimum Gasteiger partial charge on any atom is -0.326 e. The van der Waals surface area contributed by atoms with Gasteiger partial charge in [-0.15, -0.1) is 0 Å². The van der Waals surface area contributed by atoms with Crippen LogP contribution in [0, 0.1) is 5.92 Å². The zero-order chi connectivity index (χ0) is 8.23. The third-order valence-electron chi connectivity index (χ3n) is 2.93. The third-order valence-corrected chi connectivity index (χ3v) is 2.93. The van der Waals surface area contributed by atoms with Gasteiger partial charge in [0.05, 0.1) is 25.4 Å². The zero-order valence-corrected chi connectivity index (χ0v) is 6.91. The summed E-state index contributed by atoms with van der Waals surface area (Å²) in [5.41, 5.74) is 5.65. The summed E-state index contributed by atoms with van der Waals surface area (Å²) < 4.78 is 16.6. The van der Waals surface area contributed by atoms with E-state index in [1.165, 1.54) is 0 Å². The van der Waals surface area contributed by atoms with Crippen molar-refractivity contribution in [3.8, 4) is 0 Å². The van der Waals surface area contributed by atoms with Crippen LogP contribution < -0.4 is 5.73 Å². The van der Waals surface area contributed by atoms with Gasteiger partial charge >= 0.3 is 5.97 Å². The summed E-state index contributed by atoms with van der Waals surface area (Å²) in [6, 6.07) is 0. The Morgan fingerprint density at radius 1 is 1.00 bits per heavy atom. The van der Waals surface area contributed by atoms with E-state index in [4.69, 9.17) is 19.9 Å². The number of rotatable bonds is 1. The molecule has 4 rings (SSSR count). The van der Waals surface area contributed by atoms with Crippen LogP contribution in [0.2, 0.25) is 0 Å². The molecule has 12 heavy (non-hydrogen) atoms. The lowest BCUT2D eigenvalue weighted by Gasteiger charge is -2.48. The standard InChI is InChI=1S/C8H13NO3/c9-7(1-2-7)8-10-3-6(4-11-8)5-12-8/h6H,1-5,9H2. The fourth-order valence-corrected chi connectivity index (χ4v) is 1.82. The Balaban J connectivity index is 1.88. The smallest absolute Gasteiger partial charge is 0.302 e. The molecule has 1 aliphatic carbocycles. The van der Waals surface area contributed by atoms with Gasteiger partial charge in [-0.3, -0.25) is 0 Å². The summed E-state index contributed by atoms with van der Waals surface area (Å²) in [4.78, 5) is 0. The van der Waals surface area contributed by atoms with Crippen molar-refractivity contribution < 1.29 is 14.2 Å². The molecule has 3 aliphatic heterocycles. The second-order valence-electron chi connectivity index (χ2n) is 4.01. The first-order valence-electron chi connectivity index (χ1n) is 4.45. The van der Waals surface area contributed by atoms with Gasteiger partial charge < -0.3 is 19.9 Å². The summed E-state index contributed by atoms with van der Waals surface area (Å²) >= 11 is 0. The Labute approximate surface area is 71.0 Å². The van der Waals surface area contributed by atoms with Crippen molar-refractivity contribution >= 4 is 0 Å². The molecular formula is C8H13NO3. The van der Waals surface area contributed by atoms with Gasteiger partial charge in [0.25, 0.3) is 0 Å². The molecule has 0 aromatic carbocycles. The van der Waals surface area contributed by atoms with Crippen molar-refractivity contribution in [1.29, 1.82) is 0 Å². The fraction of sp³-hybridized carbons (Fsp3) is 1.00. The Morgan fingerprint density at radius 3 is 1.92 bits per heavy atom. The minimum absolute atomic E-state index is 0.363. The summed E-state index contributed by atoms with van der Waals surface area (Å²) in [7, 11) is 0. The number of ether oxygens (including phenoxy) is 3. The molecule has 4 heteroatoms. The average molecular weight is 171 g/mol. The molecule has 1 saturated carbocycles. The van der Waals surface area contributed by atoms with Gasteiger partial charge in [0.2, 0.25) is 0 Å². The number of hydrogen-bond acceptors (Lipinski definition) is 4. The highest BCUT2D eigenvalue weighted by molar-refractivity contribution is 5.08. The monoisotopic (exact) mass is 171 g/mol. The van der Waals surface area contributed by atoms with E-state index in [1.807, 2.05) is 0 Å². The first kappa shape index (κ1) is 7.26. The lowest BCUT2D eigenvalue weighted by molar-refractivity contribution is -0.459. The highest BCUT2D eigenvalue weighted by Gasteiger charge is 2.64. The van der Waals surface area contributed by atoms with Crippen LogP contribution in [-0.4, -0.2) is 31.3 Å². The van der Waals surface area contributed by atoms with Crippen LogP contribution in [-0.2, 0) is 14.2 Å². The summed E-state index contributed by atoms with van der Waals surface area (Å²) in [5.74, 6) is -0.476. The van der Waals surface area contributed by atoms with Gasteiger partial charge in [0, 0.05) is 5.92 Å². The molecule has 0 aromatic rings. The SMILES string of the molecule is NC1(C23OCC(CO2)CO3)CC1. The predicted molar refractivity (Wildman–Crippen MR) is 40.2 cm³/mol. The summed E-state index contributed by atoms with van der Waals surface area (Å²) in [6.07, 6.45) is 1.88. The molecule has 2 N–H and O–H groups in total. The average Bonchev–Trinajstić information content (AvgIpc) is 2.89. The van der Waals surface area contributed by atoms with E-state index in [2.05, 4.69) is 0 Å². The van der Waals surface area contributed by atoms with Crippen LogP contribution in [0.3, 0.4) is 0 Å². The molecule has 3 heterocycles. The van der Waals surface area contributed by atoms with Gasteiger partial charge in [-0.25, -0.2) is 0 Å². The van der Waals surface area contributed by atoms with Crippen LogP contribution in [0.5, 0.6) is 0 Å². The van der Waals surface area contributed by atoms with Crippen LogP contribution in [0.1, 0.15) is 12.8 Å². The topological polar surface area (TPSA) is 53.7 Å². The number of fused-ring (bicyclic) bond motifs is 3. The van der Waals surface area contributed by atoms with Crippen LogP contribution in [0.4, 0.5) is 0 Å². The maximum Gasteiger partial charge on any atom is 0.302 e. The molecule has 4 aliphatic rings. The first-order valence-corrected chi connectivity index (χ1v) is 4.45. The first-order chi connectivity index (χ1) is 5.74. The highest BCUT2D eigenvalue weighted by atomic mass is 16.9. The Kier molecular flexibility index (Phi) is 1.22. The van der Waals surface area contributed by atoms with E-state index < -0.39 is 5.97 Å². The predicted octanol–water partition coefficient (Wildman–Crippen LogP) is -0.175. The molecule has 0 aromatic heterocycles. The fourth-order valence-electron chi connectivity index (χ4n) is 1.82. The van der Waals surface area contributed by atoms with Gasteiger partial charge in [0.1, 0.15) is 0 Å². The van der Waals surface area contributed by atoms with Crippen LogP contribution >= 0.6 is 0 Å². The van der Waals surface area contributed by atoms with Crippen molar-refractivity contribution in [2.45, 2.75) is 24.4 Å². The van der Waals surface area contributed by atoms with E-state index in [0.29, 0.717) is 5.92 Å². The molecule has 0 atom stereocenters. The van der Waals surface area contributed by atoms with E-state index in [-0.39, 0.29) is 5.54 Å². The maximum atomic E-state index is 6.02. The minimum atomic E-state index is -0.887. The normalized spacial score (nSPS) is 49.2. The van der Waals surface area contributed by atoms with Gasteiger partial charge in [-0.2, -0.15) is 0 Å². The second-order valence-corrected chi connectivity index (χ2v) is 4.01. The van der Waals surface area contributed by atoms with Crippen LogP contribution in [0.15, 0.2) is 0 Å². The number of hydrogen-bond donors (Lipinski definition) is 1. The molecule has 0 radical (unpaired) electrons. The van der Waals surface area contributed by atoms with Crippen molar-refractivity contribution in [3.05, 3.63) is 0 Å². The molecule has 68 valence electrons. The van der Waals surface area contributed by atoms with Crippen molar-refractivity contribution in [2.24, 2.45) is 11.7 Å². The van der Waals surface area contributed by atoms with E-state index in [9.17, 15) is 0 Å². The second kappa shape index (κ2) is 2.01. The Hall–Kier alpha value is -0.160. The Morgan fingerprint density at radius 2 is 1.50 bits per heavy atom. The van der Waals surface area contributed by atoms with Gasteiger partial charge in [0.15, 0.2) is 0 Å². The molecule has 2 bridgehead atoms. The molecular weight excluding hydrogens is 158 g/mol. The van der Waals surface area contributed by atoms with Crippen LogP contribution in [0.25, 0.3) is 0 Å². The molecule has 0 spiro atoms. The van der Waals surface area contributed by atoms with E-state index in [0.717, 1.165) is 32.7 Å². The van der Waals surface area contributed by atoms with Crippen molar-refractivity contribution in [3.63, 3.8) is 0 Å². The summed E-state index contributed by atoms with van der Waals surface area (Å²) in [5, 5.41) is 0. The largest absolute Gasteiger partial charge is 0.326 e.